The van der Waals surface area contributed by atoms with Gasteiger partial charge in [0, 0.05) is 25.0 Å². The monoisotopic (exact) mass is 238 g/mol. The zero-order valence-corrected chi connectivity index (χ0v) is 11.4. The fraction of sp³-hybridized carbons (Fsp3) is 0.929. The van der Waals surface area contributed by atoms with Crippen LogP contribution >= 0.6 is 0 Å². The maximum absolute atomic E-state index is 11.1. The molecule has 1 saturated carbocycles. The molecular weight excluding hydrogens is 212 g/mol. The Morgan fingerprint density at radius 1 is 1.12 bits per heavy atom. The average molecular weight is 238 g/mol. The molecule has 1 amide bonds. The number of carbonyl (C=O) groups is 1. The molecule has 0 radical (unpaired) electrons. The van der Waals surface area contributed by atoms with E-state index in [4.69, 9.17) is 0 Å². The van der Waals surface area contributed by atoms with Gasteiger partial charge in [0.15, 0.2) is 0 Å². The molecule has 0 aromatic heterocycles. The van der Waals surface area contributed by atoms with Gasteiger partial charge >= 0.3 is 0 Å². The quantitative estimate of drug-likeness (QED) is 0.773. The summed E-state index contributed by atoms with van der Waals surface area (Å²) in [5.74, 6) is 1.06. The molecule has 1 atom stereocenters. The van der Waals surface area contributed by atoms with Crippen LogP contribution in [0.5, 0.6) is 0 Å². The van der Waals surface area contributed by atoms with Gasteiger partial charge in [-0.1, -0.05) is 20.8 Å². The number of hydrogen-bond acceptors (Lipinski definition) is 2. The van der Waals surface area contributed by atoms with Gasteiger partial charge in [-0.05, 0) is 37.0 Å². The van der Waals surface area contributed by atoms with Crippen LogP contribution in [0.1, 0.15) is 52.9 Å². The van der Waals surface area contributed by atoms with Crippen LogP contribution < -0.4 is 10.6 Å². The van der Waals surface area contributed by atoms with Gasteiger partial charge < -0.3 is 10.6 Å². The molecule has 2 rings (SSSR count). The van der Waals surface area contributed by atoms with E-state index in [-0.39, 0.29) is 5.91 Å². The first kappa shape index (κ1) is 12.9. The summed E-state index contributed by atoms with van der Waals surface area (Å²) in [6.45, 7) is 7.87. The smallest absolute Gasteiger partial charge is 0.221 e. The molecule has 3 nitrogen and oxygen atoms in total. The molecule has 1 aliphatic carbocycles. The van der Waals surface area contributed by atoms with Crippen molar-refractivity contribution in [2.75, 3.05) is 6.54 Å². The maximum atomic E-state index is 11.1. The third-order valence-corrected chi connectivity index (χ3v) is 4.40. The number of carbonyl (C=O) groups excluding carboxylic acids is 1. The summed E-state index contributed by atoms with van der Waals surface area (Å²) < 4.78 is 0. The standard InChI is InChI=1S/C14H26N2O/c1-14(2,3)10-4-6-11(7-5-10)16-12-8-13(17)15-9-12/h10-12,16H,4-9H2,1-3H3,(H,15,17). The summed E-state index contributed by atoms with van der Waals surface area (Å²) in [5.41, 5.74) is 0.454. The largest absolute Gasteiger partial charge is 0.354 e. The van der Waals surface area contributed by atoms with Gasteiger partial charge in [0.2, 0.25) is 5.91 Å². The van der Waals surface area contributed by atoms with E-state index in [0.29, 0.717) is 23.9 Å². The number of amides is 1. The van der Waals surface area contributed by atoms with Crippen molar-refractivity contribution in [3.8, 4) is 0 Å². The Labute approximate surface area is 105 Å². The molecule has 1 unspecified atom stereocenters. The molecule has 1 aliphatic heterocycles. The zero-order valence-electron chi connectivity index (χ0n) is 11.4. The molecule has 0 aromatic carbocycles. The Bertz CT molecular complexity index is 274. The highest BCUT2D eigenvalue weighted by Crippen LogP contribution is 2.37. The van der Waals surface area contributed by atoms with Gasteiger partial charge in [-0.15, -0.1) is 0 Å². The van der Waals surface area contributed by atoms with Crippen molar-refractivity contribution < 1.29 is 4.79 Å². The zero-order chi connectivity index (χ0) is 12.5. The van der Waals surface area contributed by atoms with Crippen molar-refractivity contribution in [3.63, 3.8) is 0 Å². The number of rotatable bonds is 2. The van der Waals surface area contributed by atoms with Crippen molar-refractivity contribution in [2.24, 2.45) is 11.3 Å². The Kier molecular flexibility index (Phi) is 3.76. The van der Waals surface area contributed by atoms with Gasteiger partial charge in [-0.2, -0.15) is 0 Å². The fourth-order valence-electron chi connectivity index (χ4n) is 3.18. The van der Waals surface area contributed by atoms with Gasteiger partial charge in [0.25, 0.3) is 0 Å². The molecule has 0 spiro atoms. The summed E-state index contributed by atoms with van der Waals surface area (Å²) in [7, 11) is 0. The maximum Gasteiger partial charge on any atom is 0.221 e. The first-order valence-corrected chi connectivity index (χ1v) is 6.98. The fourth-order valence-corrected chi connectivity index (χ4v) is 3.18. The summed E-state index contributed by atoms with van der Waals surface area (Å²) >= 11 is 0. The number of nitrogens with one attached hydrogen (secondary N) is 2. The van der Waals surface area contributed by atoms with Crippen LogP contribution in [0.4, 0.5) is 0 Å². The van der Waals surface area contributed by atoms with Crippen LogP contribution in [-0.2, 0) is 4.79 Å². The van der Waals surface area contributed by atoms with Crippen LogP contribution in [0, 0.1) is 11.3 Å². The Morgan fingerprint density at radius 3 is 2.24 bits per heavy atom. The van der Waals surface area contributed by atoms with E-state index in [1.54, 1.807) is 0 Å². The Balaban J connectivity index is 1.74. The third kappa shape index (κ3) is 3.44. The minimum Gasteiger partial charge on any atom is -0.354 e. The van der Waals surface area contributed by atoms with Crippen LogP contribution in [0.25, 0.3) is 0 Å². The first-order chi connectivity index (χ1) is 7.95. The second-order valence-electron chi connectivity index (χ2n) is 6.79. The highest BCUT2D eigenvalue weighted by Gasteiger charge is 2.31. The minimum absolute atomic E-state index is 0.200. The lowest BCUT2D eigenvalue weighted by atomic mass is 9.71. The second kappa shape index (κ2) is 4.97. The van der Waals surface area contributed by atoms with E-state index in [1.165, 1.54) is 25.7 Å². The van der Waals surface area contributed by atoms with E-state index < -0.39 is 0 Å². The Morgan fingerprint density at radius 2 is 1.76 bits per heavy atom. The molecule has 17 heavy (non-hydrogen) atoms. The predicted molar refractivity (Wildman–Crippen MR) is 69.8 cm³/mol. The topological polar surface area (TPSA) is 41.1 Å². The van der Waals surface area contributed by atoms with Gasteiger partial charge in [-0.25, -0.2) is 0 Å². The molecule has 2 N–H and O–H groups in total. The van der Waals surface area contributed by atoms with E-state index in [0.717, 1.165) is 12.5 Å². The molecule has 0 aromatic rings. The van der Waals surface area contributed by atoms with Gasteiger partial charge in [0.05, 0.1) is 0 Å². The molecular formula is C14H26N2O. The van der Waals surface area contributed by atoms with E-state index >= 15 is 0 Å². The lowest BCUT2D eigenvalue weighted by Crippen LogP contribution is -2.42. The van der Waals surface area contributed by atoms with Crippen molar-refractivity contribution in [2.45, 2.75) is 65.0 Å². The van der Waals surface area contributed by atoms with E-state index in [1.807, 2.05) is 0 Å². The van der Waals surface area contributed by atoms with Crippen LogP contribution in [-0.4, -0.2) is 24.5 Å². The lowest BCUT2D eigenvalue weighted by molar-refractivity contribution is -0.119. The van der Waals surface area contributed by atoms with E-state index in [9.17, 15) is 4.79 Å². The molecule has 1 heterocycles. The summed E-state index contributed by atoms with van der Waals surface area (Å²) in [4.78, 5) is 11.1. The molecule has 3 heteroatoms. The molecule has 98 valence electrons. The third-order valence-electron chi connectivity index (χ3n) is 4.40. The molecule has 0 bridgehead atoms. The van der Waals surface area contributed by atoms with Crippen LogP contribution in [0.3, 0.4) is 0 Å². The lowest BCUT2D eigenvalue weighted by Gasteiger charge is -2.37. The average Bonchev–Trinajstić information content (AvgIpc) is 2.63. The van der Waals surface area contributed by atoms with E-state index in [2.05, 4.69) is 31.4 Å². The highest BCUT2D eigenvalue weighted by atomic mass is 16.1. The van der Waals surface area contributed by atoms with Crippen molar-refractivity contribution in [1.82, 2.24) is 10.6 Å². The number of hydrogen-bond donors (Lipinski definition) is 2. The molecule has 2 aliphatic rings. The SMILES string of the molecule is CC(C)(C)C1CCC(NC2CNC(=O)C2)CC1. The summed E-state index contributed by atoms with van der Waals surface area (Å²) in [6, 6.07) is 1.00. The van der Waals surface area contributed by atoms with Crippen LogP contribution in [0.15, 0.2) is 0 Å². The second-order valence-corrected chi connectivity index (χ2v) is 6.79. The van der Waals surface area contributed by atoms with Crippen molar-refractivity contribution in [1.29, 1.82) is 0 Å². The highest BCUT2D eigenvalue weighted by molar-refractivity contribution is 5.78. The summed E-state index contributed by atoms with van der Waals surface area (Å²) in [6.07, 6.45) is 5.86. The predicted octanol–water partition coefficient (Wildman–Crippen LogP) is 2.07. The normalized spacial score (nSPS) is 34.8. The Hall–Kier alpha value is -0.570. The van der Waals surface area contributed by atoms with Gasteiger partial charge in [0.1, 0.15) is 0 Å². The first-order valence-electron chi connectivity index (χ1n) is 6.98. The minimum atomic E-state index is 0.200. The van der Waals surface area contributed by atoms with Crippen molar-refractivity contribution >= 4 is 5.91 Å². The summed E-state index contributed by atoms with van der Waals surface area (Å²) in [5, 5.41) is 6.53. The van der Waals surface area contributed by atoms with Gasteiger partial charge in [-0.3, -0.25) is 4.79 Å². The van der Waals surface area contributed by atoms with Crippen LogP contribution in [0.2, 0.25) is 0 Å². The molecule has 2 fully saturated rings. The van der Waals surface area contributed by atoms with Crippen molar-refractivity contribution in [3.05, 3.63) is 0 Å². The molecule has 1 saturated heterocycles.